The van der Waals surface area contributed by atoms with Gasteiger partial charge in [0, 0.05) is 34.1 Å². The van der Waals surface area contributed by atoms with Gasteiger partial charge in [0.2, 0.25) is 0 Å². The molecule has 0 aliphatic carbocycles. The molecule has 0 saturated carbocycles. The largest absolute Gasteiger partial charge is 0.378 e. The molecule has 4 rings (SSSR count). The molecule has 1 aliphatic rings. The fourth-order valence-corrected chi connectivity index (χ4v) is 3.62. The molecule has 0 spiro atoms. The maximum absolute atomic E-state index is 12.8. The summed E-state index contributed by atoms with van der Waals surface area (Å²) in [5.41, 5.74) is 3.15. The van der Waals surface area contributed by atoms with Crippen LogP contribution in [0.3, 0.4) is 0 Å². The molecule has 2 heterocycles. The highest BCUT2D eigenvalue weighted by atomic mass is 127. The highest BCUT2D eigenvalue weighted by Crippen LogP contribution is 2.16. The Morgan fingerprint density at radius 2 is 1.77 bits per heavy atom. The average Bonchev–Trinajstić information content (AvgIpc) is 3.06. The number of H-pyrrole nitrogens is 1. The van der Waals surface area contributed by atoms with Gasteiger partial charge in [-0.15, -0.1) is 0 Å². The van der Waals surface area contributed by atoms with Gasteiger partial charge in [-0.1, -0.05) is 0 Å². The van der Waals surface area contributed by atoms with Gasteiger partial charge >= 0.3 is 0 Å². The molecule has 0 radical (unpaired) electrons. The van der Waals surface area contributed by atoms with E-state index in [-0.39, 0.29) is 11.5 Å². The normalized spacial score (nSPS) is 14.4. The predicted molar refractivity (Wildman–Crippen MR) is 124 cm³/mol. The first-order valence-corrected chi connectivity index (χ1v) is 10.7. The first-order valence-electron chi connectivity index (χ1n) is 9.61. The third-order valence-electron chi connectivity index (χ3n) is 4.96. The van der Waals surface area contributed by atoms with Crippen molar-refractivity contribution in [3.05, 3.63) is 79.3 Å². The lowest BCUT2D eigenvalue weighted by molar-refractivity contribution is 0.0303. The Labute approximate surface area is 187 Å². The SMILES string of the molecule is Cc1[nH]n(-c2ccc(I)cc2)c(=O)c1C=Nc1ccc(C(=O)N2CCOCC2)cc1. The molecule has 0 atom stereocenters. The molecule has 1 saturated heterocycles. The summed E-state index contributed by atoms with van der Waals surface area (Å²) in [6.07, 6.45) is 1.57. The lowest BCUT2D eigenvalue weighted by Gasteiger charge is -2.26. The van der Waals surface area contributed by atoms with Crippen LogP contribution in [0.5, 0.6) is 0 Å². The van der Waals surface area contributed by atoms with Crippen LogP contribution in [0.1, 0.15) is 21.6 Å². The summed E-state index contributed by atoms with van der Waals surface area (Å²) in [6.45, 7) is 4.21. The number of aliphatic imine (C=N–C) groups is 1. The third kappa shape index (κ3) is 4.39. The molecule has 0 bridgehead atoms. The number of aromatic nitrogens is 2. The number of amides is 1. The highest BCUT2D eigenvalue weighted by Gasteiger charge is 2.18. The van der Waals surface area contributed by atoms with Crippen molar-refractivity contribution in [1.82, 2.24) is 14.7 Å². The van der Waals surface area contributed by atoms with E-state index in [9.17, 15) is 9.59 Å². The molecule has 3 aromatic rings. The van der Waals surface area contributed by atoms with Crippen LogP contribution >= 0.6 is 22.6 Å². The van der Waals surface area contributed by atoms with Gasteiger partial charge in [0.15, 0.2) is 0 Å². The minimum atomic E-state index is -0.156. The minimum absolute atomic E-state index is 0.00397. The van der Waals surface area contributed by atoms with Gasteiger partial charge in [-0.05, 0) is 78.0 Å². The molecule has 1 N–H and O–H groups in total. The molecule has 30 heavy (non-hydrogen) atoms. The number of aromatic amines is 1. The van der Waals surface area contributed by atoms with Crippen LogP contribution in [-0.4, -0.2) is 53.1 Å². The summed E-state index contributed by atoms with van der Waals surface area (Å²) in [5, 5.41) is 3.10. The van der Waals surface area contributed by atoms with E-state index in [1.807, 2.05) is 31.2 Å². The van der Waals surface area contributed by atoms with Gasteiger partial charge in [0.05, 0.1) is 30.2 Å². The monoisotopic (exact) mass is 516 g/mol. The number of carbonyl (C=O) groups is 1. The number of morpholine rings is 1. The Hall–Kier alpha value is -2.72. The Morgan fingerprint density at radius 1 is 1.10 bits per heavy atom. The van der Waals surface area contributed by atoms with Gasteiger partial charge in [0.25, 0.3) is 11.5 Å². The zero-order valence-corrected chi connectivity index (χ0v) is 18.6. The molecule has 7 nitrogen and oxygen atoms in total. The van der Waals surface area contributed by atoms with Crippen LogP contribution < -0.4 is 5.56 Å². The van der Waals surface area contributed by atoms with Gasteiger partial charge in [-0.2, -0.15) is 0 Å². The van der Waals surface area contributed by atoms with E-state index in [4.69, 9.17) is 4.74 Å². The van der Waals surface area contributed by atoms with Crippen molar-refractivity contribution >= 4 is 40.4 Å². The number of benzene rings is 2. The topological polar surface area (TPSA) is 79.7 Å². The molecule has 1 aromatic heterocycles. The van der Waals surface area contributed by atoms with E-state index in [1.165, 1.54) is 4.68 Å². The second-order valence-corrected chi connectivity index (χ2v) is 8.22. The van der Waals surface area contributed by atoms with E-state index in [0.29, 0.717) is 43.1 Å². The van der Waals surface area contributed by atoms with Gasteiger partial charge in [0.1, 0.15) is 0 Å². The summed E-state index contributed by atoms with van der Waals surface area (Å²) in [6, 6.07) is 14.8. The van der Waals surface area contributed by atoms with Crippen molar-refractivity contribution in [3.63, 3.8) is 0 Å². The second-order valence-electron chi connectivity index (χ2n) is 6.98. The molecular formula is C22H21IN4O3. The van der Waals surface area contributed by atoms with Crippen LogP contribution in [-0.2, 0) is 4.74 Å². The zero-order valence-electron chi connectivity index (χ0n) is 16.5. The molecule has 8 heteroatoms. The summed E-state index contributed by atoms with van der Waals surface area (Å²) >= 11 is 2.23. The van der Waals surface area contributed by atoms with Crippen molar-refractivity contribution < 1.29 is 9.53 Å². The number of hydrogen-bond acceptors (Lipinski definition) is 4. The average molecular weight is 516 g/mol. The summed E-state index contributed by atoms with van der Waals surface area (Å²) in [4.78, 5) is 31.5. The Balaban J connectivity index is 1.52. The standard InChI is InChI=1S/C22H21IN4O3/c1-15-20(22(29)27(25-15)19-8-4-17(23)5-9-19)14-24-18-6-2-16(3-7-18)21(28)26-10-12-30-13-11-26/h2-9,14,25H,10-13H2,1H3. The Bertz CT molecular complexity index is 1120. The van der Waals surface area contributed by atoms with Crippen molar-refractivity contribution in [2.24, 2.45) is 4.99 Å². The first-order chi connectivity index (χ1) is 14.5. The number of rotatable bonds is 4. The number of halogens is 1. The maximum atomic E-state index is 12.8. The van der Waals surface area contributed by atoms with E-state index >= 15 is 0 Å². The van der Waals surface area contributed by atoms with Gasteiger partial charge < -0.3 is 9.64 Å². The van der Waals surface area contributed by atoms with Crippen molar-refractivity contribution in [2.45, 2.75) is 6.92 Å². The molecule has 1 amide bonds. The molecular weight excluding hydrogens is 495 g/mol. The lowest BCUT2D eigenvalue weighted by Crippen LogP contribution is -2.40. The van der Waals surface area contributed by atoms with Crippen LogP contribution in [0.4, 0.5) is 5.69 Å². The smallest absolute Gasteiger partial charge is 0.280 e. The van der Waals surface area contributed by atoms with Gasteiger partial charge in [-0.25, -0.2) is 4.68 Å². The van der Waals surface area contributed by atoms with Crippen LogP contribution in [0, 0.1) is 10.5 Å². The second kappa shape index (κ2) is 8.97. The number of ether oxygens (including phenoxy) is 1. The van der Waals surface area contributed by atoms with Crippen molar-refractivity contribution in [2.75, 3.05) is 26.3 Å². The number of aryl methyl sites for hydroxylation is 1. The Morgan fingerprint density at radius 3 is 2.43 bits per heavy atom. The fraction of sp³-hybridized carbons (Fsp3) is 0.227. The molecule has 154 valence electrons. The summed E-state index contributed by atoms with van der Waals surface area (Å²) in [7, 11) is 0. The fourth-order valence-electron chi connectivity index (χ4n) is 3.26. The Kier molecular flexibility index (Phi) is 6.14. The number of nitrogens with zero attached hydrogens (tertiary/aromatic N) is 3. The molecule has 0 unspecified atom stereocenters. The van der Waals surface area contributed by atoms with E-state index in [0.717, 1.165) is 15.0 Å². The molecule has 1 aliphatic heterocycles. The quantitative estimate of drug-likeness (QED) is 0.427. The van der Waals surface area contributed by atoms with Crippen LogP contribution in [0.25, 0.3) is 5.69 Å². The molecule has 1 fully saturated rings. The maximum Gasteiger partial charge on any atom is 0.280 e. The zero-order chi connectivity index (χ0) is 21.1. The summed E-state index contributed by atoms with van der Waals surface area (Å²) in [5.74, 6) is -0.00397. The van der Waals surface area contributed by atoms with E-state index < -0.39 is 0 Å². The van der Waals surface area contributed by atoms with Crippen molar-refractivity contribution in [1.29, 1.82) is 0 Å². The third-order valence-corrected chi connectivity index (χ3v) is 5.68. The van der Waals surface area contributed by atoms with Gasteiger partial charge in [-0.3, -0.25) is 19.7 Å². The minimum Gasteiger partial charge on any atom is -0.378 e. The predicted octanol–water partition coefficient (Wildman–Crippen LogP) is 3.30. The summed E-state index contributed by atoms with van der Waals surface area (Å²) < 4.78 is 7.90. The van der Waals surface area contributed by atoms with E-state index in [1.54, 1.807) is 35.4 Å². The first kappa shape index (κ1) is 20.5. The lowest BCUT2D eigenvalue weighted by atomic mass is 10.1. The number of hydrogen-bond donors (Lipinski definition) is 1. The number of carbonyl (C=O) groups excluding carboxylic acids is 1. The van der Waals surface area contributed by atoms with Crippen LogP contribution in [0.2, 0.25) is 0 Å². The molecule has 2 aromatic carbocycles. The van der Waals surface area contributed by atoms with E-state index in [2.05, 4.69) is 32.7 Å². The highest BCUT2D eigenvalue weighted by molar-refractivity contribution is 14.1. The van der Waals surface area contributed by atoms with Crippen LogP contribution in [0.15, 0.2) is 58.3 Å². The number of nitrogens with one attached hydrogen (secondary N) is 1. The van der Waals surface area contributed by atoms with Crippen molar-refractivity contribution in [3.8, 4) is 5.69 Å².